The maximum Gasteiger partial charge on any atom is 0.260 e. The fourth-order valence-corrected chi connectivity index (χ4v) is 1.97. The molecule has 0 fully saturated rings. The number of halogens is 1. The quantitative estimate of drug-likeness (QED) is 0.805. The van der Waals surface area contributed by atoms with Gasteiger partial charge in [-0.2, -0.15) is 0 Å². The minimum atomic E-state index is -0.643. The Morgan fingerprint density at radius 2 is 2.29 bits per heavy atom. The molecule has 0 aliphatic carbocycles. The Hall–Kier alpha value is -1.95. The van der Waals surface area contributed by atoms with Crippen LogP contribution in [-0.2, 0) is 0 Å². The first-order chi connectivity index (χ1) is 8.06. The molecule has 88 valence electrons. The predicted octanol–water partition coefficient (Wildman–Crippen LogP) is 2.43. The third kappa shape index (κ3) is 2.59. The molecule has 3 N–H and O–H groups in total. The van der Waals surface area contributed by atoms with E-state index >= 15 is 0 Å². The van der Waals surface area contributed by atoms with Crippen LogP contribution in [0.15, 0.2) is 23.6 Å². The van der Waals surface area contributed by atoms with E-state index in [9.17, 15) is 9.18 Å². The molecule has 0 atom stereocenters. The molecule has 0 saturated heterocycles. The molecule has 1 heterocycles. The highest BCUT2D eigenvalue weighted by molar-refractivity contribution is 7.13. The van der Waals surface area contributed by atoms with E-state index in [-0.39, 0.29) is 11.3 Å². The highest BCUT2D eigenvalue weighted by Crippen LogP contribution is 2.17. The number of aromatic nitrogens is 1. The van der Waals surface area contributed by atoms with Crippen LogP contribution in [0, 0.1) is 12.7 Å². The number of aryl methyl sites for hydroxylation is 1. The Morgan fingerprint density at radius 3 is 2.88 bits per heavy atom. The van der Waals surface area contributed by atoms with Gasteiger partial charge in [-0.05, 0) is 25.1 Å². The second-order valence-corrected chi connectivity index (χ2v) is 4.35. The molecular weight excluding hydrogens is 241 g/mol. The number of hydrogen-bond acceptors (Lipinski definition) is 4. The molecule has 0 unspecified atom stereocenters. The van der Waals surface area contributed by atoms with Crippen LogP contribution >= 0.6 is 11.3 Å². The topological polar surface area (TPSA) is 68.0 Å². The van der Waals surface area contributed by atoms with Crippen LogP contribution in [0.4, 0.5) is 15.2 Å². The number of nitrogens with two attached hydrogens (primary N) is 1. The summed E-state index contributed by atoms with van der Waals surface area (Å²) in [6.07, 6.45) is 0. The van der Waals surface area contributed by atoms with Crippen molar-refractivity contribution in [2.24, 2.45) is 0 Å². The van der Waals surface area contributed by atoms with Crippen molar-refractivity contribution >= 4 is 28.1 Å². The second kappa shape index (κ2) is 4.50. The zero-order valence-corrected chi connectivity index (χ0v) is 9.84. The Bertz CT molecular complexity index is 568. The molecule has 0 radical (unpaired) electrons. The lowest BCUT2D eigenvalue weighted by atomic mass is 10.2. The van der Waals surface area contributed by atoms with Crippen molar-refractivity contribution in [3.8, 4) is 0 Å². The highest BCUT2D eigenvalue weighted by Gasteiger charge is 2.13. The number of amides is 1. The van der Waals surface area contributed by atoms with Gasteiger partial charge in [-0.15, -0.1) is 11.3 Å². The summed E-state index contributed by atoms with van der Waals surface area (Å²) in [6, 6.07) is 3.94. The average Bonchev–Trinajstić information content (AvgIpc) is 2.63. The minimum Gasteiger partial charge on any atom is -0.399 e. The lowest BCUT2D eigenvalue weighted by molar-refractivity contribution is 0.102. The van der Waals surface area contributed by atoms with Gasteiger partial charge in [-0.3, -0.25) is 10.1 Å². The van der Waals surface area contributed by atoms with Gasteiger partial charge in [0.05, 0.1) is 11.3 Å². The smallest absolute Gasteiger partial charge is 0.260 e. The van der Waals surface area contributed by atoms with Crippen molar-refractivity contribution in [3.63, 3.8) is 0 Å². The van der Waals surface area contributed by atoms with E-state index in [1.807, 2.05) is 6.92 Å². The van der Waals surface area contributed by atoms with E-state index in [0.717, 1.165) is 11.8 Å². The van der Waals surface area contributed by atoms with E-state index in [2.05, 4.69) is 10.3 Å². The summed E-state index contributed by atoms with van der Waals surface area (Å²) in [6.45, 7) is 1.82. The first kappa shape index (κ1) is 11.5. The number of benzene rings is 1. The van der Waals surface area contributed by atoms with Crippen molar-refractivity contribution in [3.05, 3.63) is 40.7 Å². The molecule has 0 aliphatic heterocycles. The molecule has 0 bridgehead atoms. The number of hydrogen-bond donors (Lipinski definition) is 2. The third-order valence-corrected chi connectivity index (χ3v) is 2.95. The SMILES string of the molecule is Cc1csc(NC(=O)c2ccc(N)cc2F)n1. The zero-order valence-electron chi connectivity index (χ0n) is 9.03. The standard InChI is InChI=1S/C11H10FN3OS/c1-6-5-17-11(14-6)15-10(16)8-3-2-7(13)4-9(8)12/h2-5H,13H2,1H3,(H,14,15,16). The van der Waals surface area contributed by atoms with Crippen LogP contribution in [0.25, 0.3) is 0 Å². The van der Waals surface area contributed by atoms with Gasteiger partial charge in [0.2, 0.25) is 0 Å². The molecule has 6 heteroatoms. The van der Waals surface area contributed by atoms with Crippen LogP contribution < -0.4 is 11.1 Å². The first-order valence-electron chi connectivity index (χ1n) is 4.85. The van der Waals surface area contributed by atoms with Crippen LogP contribution in [-0.4, -0.2) is 10.9 Å². The Morgan fingerprint density at radius 1 is 1.53 bits per heavy atom. The van der Waals surface area contributed by atoms with Gasteiger partial charge in [0, 0.05) is 11.1 Å². The normalized spacial score (nSPS) is 10.2. The zero-order chi connectivity index (χ0) is 12.4. The van der Waals surface area contributed by atoms with Crippen molar-refractivity contribution in [1.82, 2.24) is 4.98 Å². The van der Waals surface area contributed by atoms with E-state index in [1.165, 1.54) is 23.5 Å². The van der Waals surface area contributed by atoms with Crippen LogP contribution in [0.1, 0.15) is 16.1 Å². The van der Waals surface area contributed by atoms with E-state index in [1.54, 1.807) is 5.38 Å². The third-order valence-electron chi connectivity index (χ3n) is 2.08. The highest BCUT2D eigenvalue weighted by atomic mass is 32.1. The summed E-state index contributed by atoms with van der Waals surface area (Å²) in [4.78, 5) is 15.8. The fourth-order valence-electron chi connectivity index (χ4n) is 1.29. The molecule has 1 amide bonds. The predicted molar refractivity (Wildman–Crippen MR) is 65.6 cm³/mol. The fraction of sp³-hybridized carbons (Fsp3) is 0.0909. The summed E-state index contributed by atoms with van der Waals surface area (Å²) in [5.41, 5.74) is 6.44. The lowest BCUT2D eigenvalue weighted by Gasteiger charge is -2.03. The number of carbonyl (C=O) groups is 1. The number of thiazole rings is 1. The van der Waals surface area contributed by atoms with Gasteiger partial charge in [-0.1, -0.05) is 0 Å². The molecular formula is C11H10FN3OS. The average molecular weight is 251 g/mol. The van der Waals surface area contributed by atoms with Gasteiger partial charge in [0.15, 0.2) is 5.13 Å². The molecule has 2 aromatic rings. The van der Waals surface area contributed by atoms with Gasteiger partial charge in [0.1, 0.15) is 5.82 Å². The molecule has 0 spiro atoms. The van der Waals surface area contributed by atoms with Crippen LogP contribution in [0.2, 0.25) is 0 Å². The van der Waals surface area contributed by atoms with Gasteiger partial charge >= 0.3 is 0 Å². The van der Waals surface area contributed by atoms with Crippen molar-refractivity contribution in [2.45, 2.75) is 6.92 Å². The van der Waals surface area contributed by atoms with Crippen molar-refractivity contribution < 1.29 is 9.18 Å². The number of carbonyl (C=O) groups excluding carboxylic acids is 1. The van der Waals surface area contributed by atoms with E-state index < -0.39 is 11.7 Å². The maximum absolute atomic E-state index is 13.5. The van der Waals surface area contributed by atoms with Crippen molar-refractivity contribution in [1.29, 1.82) is 0 Å². The summed E-state index contributed by atoms with van der Waals surface area (Å²) < 4.78 is 13.5. The van der Waals surface area contributed by atoms with Gasteiger partial charge in [0.25, 0.3) is 5.91 Å². The van der Waals surface area contributed by atoms with E-state index in [4.69, 9.17) is 5.73 Å². The van der Waals surface area contributed by atoms with Crippen LogP contribution in [0.5, 0.6) is 0 Å². The minimum absolute atomic E-state index is 0.0490. The van der Waals surface area contributed by atoms with Crippen molar-refractivity contribution in [2.75, 3.05) is 11.1 Å². The molecule has 0 aliphatic rings. The molecule has 4 nitrogen and oxygen atoms in total. The Balaban J connectivity index is 2.20. The number of rotatable bonds is 2. The number of anilines is 2. The monoisotopic (exact) mass is 251 g/mol. The summed E-state index contributed by atoms with van der Waals surface area (Å²) in [7, 11) is 0. The number of nitrogens with zero attached hydrogens (tertiary/aromatic N) is 1. The Labute approximate surface area is 101 Å². The second-order valence-electron chi connectivity index (χ2n) is 3.49. The summed E-state index contributed by atoms with van der Waals surface area (Å²) >= 11 is 1.29. The molecule has 17 heavy (non-hydrogen) atoms. The first-order valence-corrected chi connectivity index (χ1v) is 5.73. The molecule has 2 rings (SSSR count). The summed E-state index contributed by atoms with van der Waals surface area (Å²) in [5.74, 6) is -1.17. The lowest BCUT2D eigenvalue weighted by Crippen LogP contribution is -2.13. The van der Waals surface area contributed by atoms with Gasteiger partial charge in [-0.25, -0.2) is 9.37 Å². The molecule has 0 saturated carbocycles. The number of nitrogens with one attached hydrogen (secondary N) is 1. The van der Waals surface area contributed by atoms with E-state index in [0.29, 0.717) is 5.13 Å². The van der Waals surface area contributed by atoms with Gasteiger partial charge < -0.3 is 5.73 Å². The van der Waals surface area contributed by atoms with Crippen LogP contribution in [0.3, 0.4) is 0 Å². The molecule has 1 aromatic heterocycles. The molecule has 1 aromatic carbocycles. The summed E-state index contributed by atoms with van der Waals surface area (Å²) in [5, 5.41) is 4.78. The Kier molecular flexibility index (Phi) is 3.06. The largest absolute Gasteiger partial charge is 0.399 e. The maximum atomic E-state index is 13.5. The number of nitrogen functional groups attached to an aromatic ring is 1.